The smallest absolute Gasteiger partial charge is 0.408 e. The van der Waals surface area contributed by atoms with Gasteiger partial charge in [-0.05, 0) is 24.3 Å². The highest BCUT2D eigenvalue weighted by atomic mass is 32.1. The molecule has 3 heterocycles. The van der Waals surface area contributed by atoms with Crippen LogP contribution >= 0.6 is 11.3 Å². The van der Waals surface area contributed by atoms with Crippen LogP contribution in [0.15, 0.2) is 63.4 Å². The van der Waals surface area contributed by atoms with Gasteiger partial charge in [0.1, 0.15) is 6.54 Å². The third-order valence-electron chi connectivity index (χ3n) is 3.58. The van der Waals surface area contributed by atoms with Crippen LogP contribution < -0.4 is 11.1 Å². The number of carbonyl (C=O) groups is 1. The van der Waals surface area contributed by atoms with E-state index in [1.54, 1.807) is 36.7 Å². The van der Waals surface area contributed by atoms with E-state index < -0.39 is 5.76 Å². The quantitative estimate of drug-likeness (QED) is 0.610. The average Bonchev–Trinajstić information content (AvgIpc) is 3.21. The Kier molecular flexibility index (Phi) is 3.87. The van der Waals surface area contributed by atoms with Crippen molar-refractivity contribution in [1.29, 1.82) is 0 Å². The van der Waals surface area contributed by atoms with Crippen LogP contribution in [0.4, 0.5) is 5.13 Å². The third-order valence-corrected chi connectivity index (χ3v) is 4.34. The van der Waals surface area contributed by atoms with Gasteiger partial charge in [-0.2, -0.15) is 0 Å². The molecule has 0 aliphatic rings. The predicted octanol–water partition coefficient (Wildman–Crippen LogP) is 2.75. The number of nitrogens with zero attached hydrogens (tertiary/aromatic N) is 3. The number of nitrogens with one attached hydrogen (secondary N) is 1. The van der Waals surface area contributed by atoms with E-state index >= 15 is 0 Å². The Hall–Kier alpha value is -3.26. The molecular weight excluding hydrogens is 340 g/mol. The Labute approximate surface area is 145 Å². The summed E-state index contributed by atoms with van der Waals surface area (Å²) in [6.45, 7) is -0.141. The van der Waals surface area contributed by atoms with Gasteiger partial charge in [0.2, 0.25) is 5.91 Å². The van der Waals surface area contributed by atoms with Crippen molar-refractivity contribution in [3.63, 3.8) is 0 Å². The van der Waals surface area contributed by atoms with E-state index in [1.165, 1.54) is 15.9 Å². The summed E-state index contributed by atoms with van der Waals surface area (Å²) in [4.78, 5) is 32.6. The first-order valence-electron chi connectivity index (χ1n) is 7.45. The molecular formula is C17H12N4O3S. The first kappa shape index (κ1) is 15.3. The molecule has 0 saturated carbocycles. The lowest BCUT2D eigenvalue weighted by molar-refractivity contribution is -0.116. The fourth-order valence-corrected chi connectivity index (χ4v) is 3.18. The molecule has 7 nitrogen and oxygen atoms in total. The molecule has 8 heteroatoms. The maximum Gasteiger partial charge on any atom is 0.420 e. The molecule has 124 valence electrons. The fourth-order valence-electron chi connectivity index (χ4n) is 2.44. The lowest BCUT2D eigenvalue weighted by atomic mass is 10.2. The van der Waals surface area contributed by atoms with Gasteiger partial charge in [-0.15, -0.1) is 11.3 Å². The van der Waals surface area contributed by atoms with Gasteiger partial charge in [0.25, 0.3) is 0 Å². The first-order valence-corrected chi connectivity index (χ1v) is 8.33. The predicted molar refractivity (Wildman–Crippen MR) is 94.4 cm³/mol. The number of oxazole rings is 1. The number of fused-ring (bicyclic) bond motifs is 1. The van der Waals surface area contributed by atoms with Gasteiger partial charge in [0.05, 0.1) is 11.2 Å². The van der Waals surface area contributed by atoms with E-state index in [1.807, 2.05) is 17.5 Å². The molecule has 0 unspecified atom stereocenters. The molecule has 1 aromatic carbocycles. The molecule has 3 aromatic heterocycles. The number of rotatable bonds is 4. The molecule has 25 heavy (non-hydrogen) atoms. The van der Waals surface area contributed by atoms with Crippen LogP contribution in [0.5, 0.6) is 0 Å². The van der Waals surface area contributed by atoms with Crippen molar-refractivity contribution in [1.82, 2.24) is 14.5 Å². The summed E-state index contributed by atoms with van der Waals surface area (Å²) in [5.74, 6) is -0.910. The number of hydrogen-bond donors (Lipinski definition) is 1. The van der Waals surface area contributed by atoms with Crippen LogP contribution in [-0.2, 0) is 11.3 Å². The van der Waals surface area contributed by atoms with Gasteiger partial charge in [0.15, 0.2) is 10.7 Å². The zero-order valence-corrected chi connectivity index (χ0v) is 13.7. The SMILES string of the molecule is O=C(Cn1c(=O)oc2ccccc21)Nc1nc(-c2cccnc2)cs1. The molecule has 0 bridgehead atoms. The second-order valence-corrected chi connectivity index (χ2v) is 6.11. The molecule has 0 aliphatic carbocycles. The summed E-state index contributed by atoms with van der Waals surface area (Å²) in [5.41, 5.74) is 2.64. The molecule has 1 amide bonds. The van der Waals surface area contributed by atoms with Crippen LogP contribution in [0.3, 0.4) is 0 Å². The molecule has 0 radical (unpaired) electrons. The number of aromatic nitrogens is 3. The lowest BCUT2D eigenvalue weighted by Crippen LogP contribution is -2.24. The van der Waals surface area contributed by atoms with Gasteiger partial charge in [-0.3, -0.25) is 14.3 Å². The Balaban J connectivity index is 1.52. The monoisotopic (exact) mass is 352 g/mol. The van der Waals surface area contributed by atoms with Crippen LogP contribution in [0.1, 0.15) is 0 Å². The second kappa shape index (κ2) is 6.33. The topological polar surface area (TPSA) is 90.0 Å². The van der Waals surface area contributed by atoms with Crippen molar-refractivity contribution >= 4 is 33.5 Å². The summed E-state index contributed by atoms with van der Waals surface area (Å²) in [6.07, 6.45) is 3.39. The maximum absolute atomic E-state index is 12.3. The van der Waals surface area contributed by atoms with E-state index in [0.717, 1.165) is 11.3 Å². The fraction of sp³-hybridized carbons (Fsp3) is 0.0588. The van der Waals surface area contributed by atoms with Crippen LogP contribution in [0.2, 0.25) is 0 Å². The summed E-state index contributed by atoms with van der Waals surface area (Å²) in [7, 11) is 0. The number of pyridine rings is 1. The highest BCUT2D eigenvalue weighted by molar-refractivity contribution is 7.14. The van der Waals surface area contributed by atoms with Crippen molar-refractivity contribution < 1.29 is 9.21 Å². The van der Waals surface area contributed by atoms with Gasteiger partial charge in [0, 0.05) is 23.3 Å². The van der Waals surface area contributed by atoms with E-state index in [-0.39, 0.29) is 12.5 Å². The Morgan fingerprint density at radius 3 is 2.96 bits per heavy atom. The average molecular weight is 352 g/mol. The number of hydrogen-bond acceptors (Lipinski definition) is 6. The summed E-state index contributed by atoms with van der Waals surface area (Å²) >= 11 is 1.31. The molecule has 4 rings (SSSR count). The van der Waals surface area contributed by atoms with Gasteiger partial charge < -0.3 is 9.73 Å². The van der Waals surface area contributed by atoms with E-state index in [2.05, 4.69) is 15.3 Å². The van der Waals surface area contributed by atoms with Crippen LogP contribution in [0.25, 0.3) is 22.4 Å². The van der Waals surface area contributed by atoms with Gasteiger partial charge in [-0.25, -0.2) is 9.78 Å². The largest absolute Gasteiger partial charge is 0.420 e. The second-order valence-electron chi connectivity index (χ2n) is 5.25. The van der Waals surface area contributed by atoms with Crippen LogP contribution in [-0.4, -0.2) is 20.4 Å². The van der Waals surface area contributed by atoms with E-state index in [9.17, 15) is 9.59 Å². The van der Waals surface area contributed by atoms with Crippen molar-refractivity contribution in [2.75, 3.05) is 5.32 Å². The van der Waals surface area contributed by atoms with Crippen molar-refractivity contribution in [3.8, 4) is 11.3 Å². The van der Waals surface area contributed by atoms with Crippen molar-refractivity contribution in [3.05, 3.63) is 64.7 Å². The molecule has 0 fully saturated rings. The van der Waals surface area contributed by atoms with Crippen LogP contribution in [0, 0.1) is 0 Å². The zero-order chi connectivity index (χ0) is 17.2. The Morgan fingerprint density at radius 2 is 2.12 bits per heavy atom. The minimum absolute atomic E-state index is 0.141. The van der Waals surface area contributed by atoms with Gasteiger partial charge in [-0.1, -0.05) is 12.1 Å². The van der Waals surface area contributed by atoms with E-state index in [0.29, 0.717) is 16.2 Å². The summed E-state index contributed by atoms with van der Waals surface area (Å²) in [6, 6.07) is 10.7. The molecule has 0 aliphatic heterocycles. The third kappa shape index (κ3) is 3.07. The number of para-hydroxylation sites is 2. The standard InChI is InChI=1S/C17H12N4O3S/c22-15(9-21-13-5-1-2-6-14(13)24-17(21)23)20-16-19-12(10-25-16)11-4-3-7-18-8-11/h1-8,10H,9H2,(H,19,20,22). The number of anilines is 1. The normalized spacial score (nSPS) is 10.9. The summed E-state index contributed by atoms with van der Waals surface area (Å²) in [5, 5.41) is 5.01. The lowest BCUT2D eigenvalue weighted by Gasteiger charge is -2.02. The number of thiazole rings is 1. The zero-order valence-electron chi connectivity index (χ0n) is 12.9. The minimum atomic E-state index is -0.563. The minimum Gasteiger partial charge on any atom is -0.408 e. The Bertz CT molecular complexity index is 1100. The molecule has 0 atom stereocenters. The number of benzene rings is 1. The number of carbonyl (C=O) groups excluding carboxylic acids is 1. The highest BCUT2D eigenvalue weighted by Crippen LogP contribution is 2.24. The molecule has 1 N–H and O–H groups in total. The molecule has 0 spiro atoms. The molecule has 0 saturated heterocycles. The van der Waals surface area contributed by atoms with E-state index in [4.69, 9.17) is 4.42 Å². The maximum atomic E-state index is 12.3. The Morgan fingerprint density at radius 1 is 1.24 bits per heavy atom. The molecule has 4 aromatic rings. The highest BCUT2D eigenvalue weighted by Gasteiger charge is 2.14. The first-order chi connectivity index (χ1) is 12.2. The van der Waals surface area contributed by atoms with Crippen molar-refractivity contribution in [2.45, 2.75) is 6.54 Å². The summed E-state index contributed by atoms with van der Waals surface area (Å²) < 4.78 is 6.41. The van der Waals surface area contributed by atoms with Gasteiger partial charge >= 0.3 is 5.76 Å². The number of amides is 1. The van der Waals surface area contributed by atoms with Crippen molar-refractivity contribution in [2.24, 2.45) is 0 Å².